The van der Waals surface area contributed by atoms with Crippen molar-refractivity contribution in [2.24, 2.45) is 5.73 Å². The van der Waals surface area contributed by atoms with Crippen LogP contribution >= 0.6 is 11.6 Å². The van der Waals surface area contributed by atoms with Crippen LogP contribution in [0.2, 0.25) is 5.02 Å². The summed E-state index contributed by atoms with van der Waals surface area (Å²) >= 11 is 6.79. The standard InChI is InChI=1S/C24H22ClF4N5O3/c1-34(2)21(36)16-14(33-22(37)24(27,28)29)4-3-12(19(16)26)13-9-31-20-17(18(13)25)23(10-32-20)6-5-11(8-23)7-15(30)35/h3-4,7,9H,5-6,8,10H2,1-2H3,(H2,30,35)(H,31,32)(H,33,37)/b11-7+. The van der Waals surface area contributed by atoms with Gasteiger partial charge >= 0.3 is 12.1 Å². The van der Waals surface area contributed by atoms with Gasteiger partial charge in [-0.3, -0.25) is 14.4 Å². The van der Waals surface area contributed by atoms with E-state index in [9.17, 15) is 27.6 Å². The van der Waals surface area contributed by atoms with Crippen LogP contribution in [0, 0.1) is 5.82 Å². The third-order valence-corrected chi connectivity index (χ3v) is 6.93. The normalized spacial score (nSPS) is 19.6. The molecule has 4 N–H and O–H groups in total. The second-order valence-corrected chi connectivity index (χ2v) is 9.60. The number of rotatable bonds is 4. The molecule has 2 aromatic rings. The van der Waals surface area contributed by atoms with E-state index in [1.807, 2.05) is 0 Å². The molecule has 0 bridgehead atoms. The Morgan fingerprint density at radius 3 is 2.57 bits per heavy atom. The summed E-state index contributed by atoms with van der Waals surface area (Å²) in [7, 11) is 2.58. The van der Waals surface area contributed by atoms with Crippen LogP contribution in [0.1, 0.15) is 35.2 Å². The molecular formula is C24H22ClF4N5O3. The second kappa shape index (κ2) is 9.33. The Morgan fingerprint density at radius 1 is 1.24 bits per heavy atom. The quantitative estimate of drug-likeness (QED) is 0.401. The number of benzene rings is 1. The zero-order valence-corrected chi connectivity index (χ0v) is 20.5. The van der Waals surface area contributed by atoms with E-state index in [1.54, 1.807) is 5.32 Å². The number of aromatic nitrogens is 1. The lowest BCUT2D eigenvalue weighted by Crippen LogP contribution is -2.32. The Bertz CT molecular complexity index is 1360. The number of nitrogens with one attached hydrogen (secondary N) is 2. The van der Waals surface area contributed by atoms with E-state index in [0.717, 1.165) is 22.6 Å². The first-order valence-electron chi connectivity index (χ1n) is 11.1. The van der Waals surface area contributed by atoms with E-state index in [-0.39, 0.29) is 16.1 Å². The van der Waals surface area contributed by atoms with Gasteiger partial charge < -0.3 is 21.3 Å². The maximum absolute atomic E-state index is 15.8. The minimum atomic E-state index is -5.24. The first kappa shape index (κ1) is 26.4. The van der Waals surface area contributed by atoms with E-state index in [4.69, 9.17) is 17.3 Å². The predicted molar refractivity (Wildman–Crippen MR) is 129 cm³/mol. The highest BCUT2D eigenvalue weighted by Crippen LogP contribution is 2.53. The molecule has 37 heavy (non-hydrogen) atoms. The first-order valence-corrected chi connectivity index (χ1v) is 11.5. The van der Waals surface area contributed by atoms with E-state index in [0.29, 0.717) is 37.2 Å². The number of nitrogens with zero attached hydrogens (tertiary/aromatic N) is 2. The second-order valence-electron chi connectivity index (χ2n) is 9.23. The summed E-state index contributed by atoms with van der Waals surface area (Å²) in [6, 6.07) is 2.14. The van der Waals surface area contributed by atoms with E-state index >= 15 is 4.39 Å². The molecule has 1 aliphatic heterocycles. The van der Waals surface area contributed by atoms with E-state index < -0.39 is 46.4 Å². The van der Waals surface area contributed by atoms with Gasteiger partial charge in [0.2, 0.25) is 5.91 Å². The average Bonchev–Trinajstić information content (AvgIpc) is 3.37. The highest BCUT2D eigenvalue weighted by molar-refractivity contribution is 6.34. The minimum Gasteiger partial charge on any atom is -0.369 e. The van der Waals surface area contributed by atoms with Crippen molar-refractivity contribution in [1.29, 1.82) is 0 Å². The molecule has 1 spiro atoms. The van der Waals surface area contributed by atoms with Crippen LogP contribution in [-0.4, -0.2) is 54.4 Å². The van der Waals surface area contributed by atoms with Crippen LogP contribution in [0.25, 0.3) is 11.1 Å². The van der Waals surface area contributed by atoms with Gasteiger partial charge in [0.1, 0.15) is 11.6 Å². The van der Waals surface area contributed by atoms with Crippen LogP contribution in [0.3, 0.4) is 0 Å². The Balaban J connectivity index is 1.83. The fraction of sp³-hybridized carbons (Fsp3) is 0.333. The molecule has 1 fully saturated rings. The van der Waals surface area contributed by atoms with Crippen molar-refractivity contribution in [2.75, 3.05) is 31.3 Å². The third-order valence-electron chi connectivity index (χ3n) is 6.53. The predicted octanol–water partition coefficient (Wildman–Crippen LogP) is 4.00. The van der Waals surface area contributed by atoms with Crippen molar-refractivity contribution in [3.05, 3.63) is 51.9 Å². The highest BCUT2D eigenvalue weighted by atomic mass is 35.5. The number of halogens is 5. The molecule has 8 nitrogen and oxygen atoms in total. The summed E-state index contributed by atoms with van der Waals surface area (Å²) in [5, 5.41) is 4.91. The Hall–Kier alpha value is -3.67. The van der Waals surface area contributed by atoms with Crippen LogP contribution in [0.5, 0.6) is 0 Å². The molecule has 13 heteroatoms. The largest absolute Gasteiger partial charge is 0.471 e. The van der Waals surface area contributed by atoms with E-state index in [1.165, 1.54) is 26.4 Å². The van der Waals surface area contributed by atoms with Crippen molar-refractivity contribution < 1.29 is 31.9 Å². The number of hydrogen-bond donors (Lipinski definition) is 3. The van der Waals surface area contributed by atoms with Gasteiger partial charge in [0.15, 0.2) is 0 Å². The van der Waals surface area contributed by atoms with Crippen LogP contribution in [0.15, 0.2) is 30.0 Å². The molecular weight excluding hydrogens is 518 g/mol. The minimum absolute atomic E-state index is 0.120. The lowest BCUT2D eigenvalue weighted by atomic mass is 9.80. The third kappa shape index (κ3) is 4.73. The van der Waals surface area contributed by atoms with Gasteiger partial charge in [-0.15, -0.1) is 0 Å². The number of primary amides is 1. The van der Waals surface area contributed by atoms with Crippen molar-refractivity contribution in [3.63, 3.8) is 0 Å². The molecule has 1 atom stereocenters. The molecule has 1 aromatic heterocycles. The molecule has 1 aromatic carbocycles. The molecule has 2 heterocycles. The van der Waals surface area contributed by atoms with Crippen LogP contribution in [-0.2, 0) is 15.0 Å². The summed E-state index contributed by atoms with van der Waals surface area (Å²) in [4.78, 5) is 41.0. The van der Waals surface area contributed by atoms with Crippen molar-refractivity contribution in [1.82, 2.24) is 9.88 Å². The number of alkyl halides is 3. The van der Waals surface area contributed by atoms with Crippen LogP contribution < -0.4 is 16.4 Å². The molecule has 196 valence electrons. The summed E-state index contributed by atoms with van der Waals surface area (Å²) < 4.78 is 54.3. The Labute approximate surface area is 213 Å². The molecule has 3 amide bonds. The molecule has 1 aliphatic carbocycles. The first-order chi connectivity index (χ1) is 17.2. The van der Waals surface area contributed by atoms with Crippen molar-refractivity contribution in [3.8, 4) is 11.1 Å². The summed E-state index contributed by atoms with van der Waals surface area (Å²) in [6.45, 7) is 0.476. The number of allylic oxidation sites excluding steroid dienone is 1. The zero-order valence-electron chi connectivity index (χ0n) is 19.7. The highest BCUT2D eigenvalue weighted by Gasteiger charge is 2.46. The molecule has 0 saturated heterocycles. The maximum Gasteiger partial charge on any atom is 0.471 e. The van der Waals surface area contributed by atoms with Gasteiger partial charge in [0.25, 0.3) is 5.91 Å². The van der Waals surface area contributed by atoms with Gasteiger partial charge in [-0.2, -0.15) is 13.2 Å². The lowest BCUT2D eigenvalue weighted by Gasteiger charge is -2.24. The number of amides is 3. The zero-order chi connectivity index (χ0) is 27.3. The number of anilines is 2. The SMILES string of the molecule is CN(C)C(=O)c1c(NC(=O)C(F)(F)F)ccc(-c2cnc3c(c2Cl)C2(CC/C(=C\C(N)=O)C2)CN3)c1F. The topological polar surface area (TPSA) is 117 Å². The smallest absolute Gasteiger partial charge is 0.369 e. The molecule has 4 rings (SSSR count). The molecule has 1 unspecified atom stereocenters. The van der Waals surface area contributed by atoms with Gasteiger partial charge in [-0.05, 0) is 31.4 Å². The van der Waals surface area contributed by atoms with Gasteiger partial charge in [-0.25, -0.2) is 9.37 Å². The summed E-state index contributed by atoms with van der Waals surface area (Å²) in [5.74, 6) is -4.54. The van der Waals surface area contributed by atoms with E-state index in [2.05, 4.69) is 10.3 Å². The number of carbonyl (C=O) groups is 3. The van der Waals surface area contributed by atoms with Crippen LogP contribution in [0.4, 0.5) is 29.1 Å². The number of carbonyl (C=O) groups excluding carboxylic acids is 3. The Kier molecular flexibility index (Phi) is 6.65. The van der Waals surface area contributed by atoms with Crippen molar-refractivity contribution in [2.45, 2.75) is 30.9 Å². The number of pyridine rings is 1. The molecule has 0 radical (unpaired) electrons. The lowest BCUT2D eigenvalue weighted by molar-refractivity contribution is -0.167. The summed E-state index contributed by atoms with van der Waals surface area (Å²) in [5.41, 5.74) is 4.80. The van der Waals surface area contributed by atoms with Gasteiger partial charge in [0.05, 0.1) is 16.3 Å². The molecule has 2 aliphatic rings. The fourth-order valence-corrected chi connectivity index (χ4v) is 5.29. The van der Waals surface area contributed by atoms with Crippen molar-refractivity contribution >= 4 is 40.8 Å². The fourth-order valence-electron chi connectivity index (χ4n) is 4.85. The number of nitrogens with two attached hydrogens (primary N) is 1. The maximum atomic E-state index is 15.8. The molecule has 1 saturated carbocycles. The van der Waals surface area contributed by atoms with Gasteiger partial charge in [0, 0.05) is 55.0 Å². The Morgan fingerprint density at radius 2 is 1.95 bits per heavy atom. The average molecular weight is 540 g/mol. The van der Waals surface area contributed by atoms with Gasteiger partial charge in [-0.1, -0.05) is 17.2 Å². The number of fused-ring (bicyclic) bond motifs is 2. The number of hydrogen-bond acceptors (Lipinski definition) is 5. The monoisotopic (exact) mass is 539 g/mol. The summed E-state index contributed by atoms with van der Waals surface area (Å²) in [6.07, 6.45) is -0.842.